The molecule has 1 unspecified atom stereocenters. The number of carboxylic acid groups (broad SMARTS) is 1. The second-order valence-electron chi connectivity index (χ2n) is 6.80. The summed E-state index contributed by atoms with van der Waals surface area (Å²) in [6.45, 7) is 7.74. The maximum Gasteiger partial charge on any atom is 0.357 e. The monoisotopic (exact) mass is 368 g/mol. The van der Waals surface area contributed by atoms with Gasteiger partial charge < -0.3 is 20.1 Å². The molecule has 140 valence electrons. The van der Waals surface area contributed by atoms with E-state index in [9.17, 15) is 14.7 Å². The zero-order valence-corrected chi connectivity index (χ0v) is 16.4. The lowest BCUT2D eigenvalue weighted by Crippen LogP contribution is -2.57. The Morgan fingerprint density at radius 2 is 1.80 bits per heavy atom. The number of ether oxygens (including phenoxy) is 1. The van der Waals surface area contributed by atoms with Crippen molar-refractivity contribution >= 4 is 30.2 Å². The molecule has 1 amide bonds. The Balaban J connectivity index is 2.81. The van der Waals surface area contributed by atoms with E-state index >= 15 is 0 Å². The number of hydrogen-bond acceptors (Lipinski definition) is 5. The number of carbonyl (C=O) groups excluding carboxylic acids is 1. The van der Waals surface area contributed by atoms with Gasteiger partial charge in [-0.3, -0.25) is 4.79 Å². The number of hydrogen-bond donors (Lipinski definition) is 3. The molecule has 1 aromatic rings. The Kier molecular flexibility index (Phi) is 7.31. The normalized spacial score (nSPS) is 13.8. The van der Waals surface area contributed by atoms with Crippen LogP contribution in [0.4, 0.5) is 5.69 Å². The van der Waals surface area contributed by atoms with E-state index in [1.807, 2.05) is 31.3 Å². The van der Waals surface area contributed by atoms with Gasteiger partial charge in [0.05, 0.1) is 12.0 Å². The van der Waals surface area contributed by atoms with E-state index in [1.165, 1.54) is 6.92 Å². The Morgan fingerprint density at radius 1 is 1.24 bits per heavy atom. The fourth-order valence-electron chi connectivity index (χ4n) is 1.87. The van der Waals surface area contributed by atoms with Crippen LogP contribution in [0.5, 0.6) is 0 Å². The van der Waals surface area contributed by atoms with Gasteiger partial charge in [-0.25, -0.2) is 4.79 Å². The van der Waals surface area contributed by atoms with Gasteiger partial charge in [-0.2, -0.15) is 12.6 Å². The Labute approximate surface area is 155 Å². The van der Waals surface area contributed by atoms with E-state index in [1.54, 1.807) is 13.8 Å². The molecule has 1 aromatic carbocycles. The minimum absolute atomic E-state index is 0.0699. The summed E-state index contributed by atoms with van der Waals surface area (Å²) in [6.07, 6.45) is 0. The molecule has 0 aliphatic rings. The number of nitrogens with zero attached hydrogens (tertiary/aromatic N) is 1. The number of nitrogens with one attached hydrogen (secondary N) is 1. The summed E-state index contributed by atoms with van der Waals surface area (Å²) >= 11 is 4.13. The van der Waals surface area contributed by atoms with Crippen LogP contribution in [-0.2, 0) is 20.9 Å². The van der Waals surface area contributed by atoms with E-state index in [0.29, 0.717) is 5.75 Å². The van der Waals surface area contributed by atoms with Crippen molar-refractivity contribution in [3.8, 4) is 0 Å². The topological polar surface area (TPSA) is 78.9 Å². The first-order valence-corrected chi connectivity index (χ1v) is 8.80. The van der Waals surface area contributed by atoms with Gasteiger partial charge in [-0.15, -0.1) is 0 Å². The Bertz CT molecular complexity index is 604. The first kappa shape index (κ1) is 21.3. The van der Waals surface area contributed by atoms with Crippen LogP contribution in [0.2, 0.25) is 0 Å². The van der Waals surface area contributed by atoms with Gasteiger partial charge in [0.15, 0.2) is 0 Å². The standard InChI is InChI=1S/C18H28N2O4S/c1-6-20(5)14-9-7-13(8-10-14)11-24-18(4,16(22)23)19-15(21)17(2,3)12-25/h7-10,25H,6,11-12H2,1-5H3,(H,19,21)(H,22,23). The van der Waals surface area contributed by atoms with Crippen LogP contribution in [0.3, 0.4) is 0 Å². The van der Waals surface area contributed by atoms with Crippen LogP contribution >= 0.6 is 12.6 Å². The maximum absolute atomic E-state index is 12.3. The third kappa shape index (κ3) is 5.64. The summed E-state index contributed by atoms with van der Waals surface area (Å²) in [6, 6.07) is 7.65. The largest absolute Gasteiger partial charge is 0.478 e. The molecule has 7 heteroatoms. The summed E-state index contributed by atoms with van der Waals surface area (Å²) in [5, 5.41) is 12.0. The number of carboxylic acids is 1. The van der Waals surface area contributed by atoms with E-state index < -0.39 is 23.0 Å². The predicted molar refractivity (Wildman–Crippen MR) is 102 cm³/mol. The molecule has 6 nitrogen and oxygen atoms in total. The summed E-state index contributed by atoms with van der Waals surface area (Å²) in [5.74, 6) is -1.38. The smallest absolute Gasteiger partial charge is 0.357 e. The number of aliphatic carboxylic acids is 1. The predicted octanol–water partition coefficient (Wildman–Crippen LogP) is 2.53. The Hall–Kier alpha value is -1.73. The van der Waals surface area contributed by atoms with Crippen LogP contribution in [0, 0.1) is 5.41 Å². The van der Waals surface area contributed by atoms with Gasteiger partial charge in [0.25, 0.3) is 0 Å². The van der Waals surface area contributed by atoms with Crippen LogP contribution in [0.1, 0.15) is 33.3 Å². The summed E-state index contributed by atoms with van der Waals surface area (Å²) in [7, 11) is 1.99. The number of benzene rings is 1. The molecule has 0 aliphatic heterocycles. The minimum Gasteiger partial charge on any atom is -0.478 e. The average Bonchev–Trinajstić information content (AvgIpc) is 2.59. The van der Waals surface area contributed by atoms with E-state index in [0.717, 1.165) is 17.8 Å². The fraction of sp³-hybridized carbons (Fsp3) is 0.556. The van der Waals surface area contributed by atoms with Crippen LogP contribution < -0.4 is 10.2 Å². The number of thiol groups is 1. The highest BCUT2D eigenvalue weighted by Gasteiger charge is 2.40. The van der Waals surface area contributed by atoms with E-state index in [-0.39, 0.29) is 6.61 Å². The molecule has 0 radical (unpaired) electrons. The molecule has 0 bridgehead atoms. The molecule has 2 N–H and O–H groups in total. The third-order valence-electron chi connectivity index (χ3n) is 4.15. The Morgan fingerprint density at radius 3 is 2.24 bits per heavy atom. The number of anilines is 1. The minimum atomic E-state index is -1.81. The third-order valence-corrected chi connectivity index (χ3v) is 4.94. The lowest BCUT2D eigenvalue weighted by Gasteiger charge is -2.31. The van der Waals surface area contributed by atoms with Gasteiger partial charge in [0.1, 0.15) is 0 Å². The summed E-state index contributed by atoms with van der Waals surface area (Å²) < 4.78 is 5.54. The van der Waals surface area contributed by atoms with Crippen molar-refractivity contribution in [1.29, 1.82) is 0 Å². The van der Waals surface area contributed by atoms with Crippen LogP contribution in [0.15, 0.2) is 24.3 Å². The van der Waals surface area contributed by atoms with Crippen molar-refractivity contribution in [2.75, 3.05) is 24.2 Å². The van der Waals surface area contributed by atoms with E-state index in [4.69, 9.17) is 4.74 Å². The van der Waals surface area contributed by atoms with E-state index in [2.05, 4.69) is 29.8 Å². The molecule has 0 aromatic heterocycles. The molecule has 25 heavy (non-hydrogen) atoms. The van der Waals surface area contributed by atoms with Crippen molar-refractivity contribution in [2.45, 2.75) is 40.0 Å². The molecule has 0 heterocycles. The lowest BCUT2D eigenvalue weighted by atomic mass is 9.94. The van der Waals surface area contributed by atoms with Gasteiger partial charge in [0.2, 0.25) is 11.6 Å². The SMILES string of the molecule is CCN(C)c1ccc(COC(C)(NC(=O)C(C)(C)CS)C(=O)O)cc1. The zero-order chi connectivity index (χ0) is 19.3. The van der Waals surface area contributed by atoms with Crippen molar-refractivity contribution in [3.63, 3.8) is 0 Å². The summed E-state index contributed by atoms with van der Waals surface area (Å²) in [5.41, 5.74) is -0.717. The highest BCUT2D eigenvalue weighted by Crippen LogP contribution is 2.21. The maximum atomic E-state index is 12.3. The van der Waals surface area contributed by atoms with Gasteiger partial charge in [-0.05, 0) is 31.5 Å². The van der Waals surface area contributed by atoms with Crippen molar-refractivity contribution in [2.24, 2.45) is 5.41 Å². The van der Waals surface area contributed by atoms with Crippen molar-refractivity contribution < 1.29 is 19.4 Å². The molecular weight excluding hydrogens is 340 g/mol. The van der Waals surface area contributed by atoms with Crippen LogP contribution in [-0.4, -0.2) is 42.1 Å². The second kappa shape index (κ2) is 8.58. The molecule has 0 spiro atoms. The molecule has 0 aliphatic carbocycles. The quantitative estimate of drug-likeness (QED) is 0.461. The number of carbonyl (C=O) groups is 2. The lowest BCUT2D eigenvalue weighted by molar-refractivity contribution is -0.174. The fourth-order valence-corrected chi connectivity index (χ4v) is 2.01. The van der Waals surface area contributed by atoms with Crippen LogP contribution in [0.25, 0.3) is 0 Å². The number of amides is 1. The van der Waals surface area contributed by atoms with Gasteiger partial charge in [-0.1, -0.05) is 26.0 Å². The molecule has 1 rings (SSSR count). The second-order valence-corrected chi connectivity index (χ2v) is 7.12. The summed E-state index contributed by atoms with van der Waals surface area (Å²) in [4.78, 5) is 26.0. The molecular formula is C18H28N2O4S. The number of rotatable bonds is 9. The van der Waals surface area contributed by atoms with Crippen molar-refractivity contribution in [3.05, 3.63) is 29.8 Å². The van der Waals surface area contributed by atoms with Gasteiger partial charge in [0, 0.05) is 25.0 Å². The van der Waals surface area contributed by atoms with Gasteiger partial charge >= 0.3 is 5.97 Å². The van der Waals surface area contributed by atoms with Crippen molar-refractivity contribution in [1.82, 2.24) is 5.32 Å². The first-order valence-electron chi connectivity index (χ1n) is 8.16. The molecule has 0 saturated heterocycles. The highest BCUT2D eigenvalue weighted by molar-refractivity contribution is 7.80. The first-order chi connectivity index (χ1) is 11.6. The molecule has 0 saturated carbocycles. The molecule has 1 atom stereocenters. The molecule has 0 fully saturated rings. The zero-order valence-electron chi connectivity index (χ0n) is 15.5. The average molecular weight is 368 g/mol. The highest BCUT2D eigenvalue weighted by atomic mass is 32.1.